The predicted octanol–water partition coefficient (Wildman–Crippen LogP) is 5.35. The summed E-state index contributed by atoms with van der Waals surface area (Å²) in [5, 5.41) is 22.6. The van der Waals surface area contributed by atoms with Crippen LogP contribution in [0.1, 0.15) is 79.1 Å². The number of ether oxygens (including phenoxy) is 1. The molecule has 0 spiro atoms. The molecule has 1 saturated heterocycles. The number of hydrogen-bond donors (Lipinski definition) is 2. The summed E-state index contributed by atoms with van der Waals surface area (Å²) in [6.45, 7) is 10.8. The van der Waals surface area contributed by atoms with Gasteiger partial charge in [-0.2, -0.15) is 5.06 Å². The molecule has 0 aromatic rings. The molecule has 3 aliphatic carbocycles. The Morgan fingerprint density at radius 3 is 2.77 bits per heavy atom. The van der Waals surface area contributed by atoms with Gasteiger partial charge in [-0.25, -0.2) is 0 Å². The first-order valence-corrected chi connectivity index (χ1v) is 12.9. The molecule has 31 heavy (non-hydrogen) atoms. The molecule has 5 aliphatic rings. The monoisotopic (exact) mass is 429 g/mol. The Bertz CT molecular complexity index is 760. The number of allylic oxidation sites excluding steroid dienone is 2. The summed E-state index contributed by atoms with van der Waals surface area (Å²) < 4.78 is 6.55. The van der Waals surface area contributed by atoms with E-state index in [9.17, 15) is 10.3 Å². The van der Waals surface area contributed by atoms with Crippen LogP contribution in [0.3, 0.4) is 0 Å². The summed E-state index contributed by atoms with van der Waals surface area (Å²) in [6, 6.07) is 0.126. The minimum atomic E-state index is -0.232. The minimum absolute atomic E-state index is 0.126. The average molecular weight is 430 g/mol. The van der Waals surface area contributed by atoms with Crippen LogP contribution in [0.4, 0.5) is 0 Å². The topological polar surface area (TPSA) is 52.9 Å². The highest BCUT2D eigenvalue weighted by Crippen LogP contribution is 2.62. The molecule has 174 valence electrons. The lowest BCUT2D eigenvalue weighted by atomic mass is 9.56. The number of nitrogens with zero attached hydrogens (tertiary/aromatic N) is 1. The Morgan fingerprint density at radius 2 is 1.97 bits per heavy atom. The lowest BCUT2D eigenvalue weighted by Gasteiger charge is -2.49. The Kier molecular flexibility index (Phi) is 5.90. The maximum atomic E-state index is 10.8. The standard InChI is InChI=1S/C27H43NO3/c1-16-11-25-26(28(30)14-16)17(2)5-7-21-22-8-6-19-12-20(29)9-10-27(19,4)24(22)13-23(21)18(3)15-31-25/h12,16-17,20-22,24-26,29-30H,5-11,13-15H2,1-4H3/b23-18-/t16-,17-,20?,21?,22?,24-,25+,26?,27-/m0/s1. The van der Waals surface area contributed by atoms with Crippen LogP contribution < -0.4 is 0 Å². The van der Waals surface area contributed by atoms with Crippen molar-refractivity contribution < 1.29 is 15.1 Å². The molecule has 2 saturated carbocycles. The molecule has 2 N–H and O–H groups in total. The molecule has 4 nitrogen and oxygen atoms in total. The number of piperidine rings is 1. The fourth-order valence-electron chi connectivity index (χ4n) is 8.29. The van der Waals surface area contributed by atoms with Gasteiger partial charge in [-0.3, -0.25) is 0 Å². The van der Waals surface area contributed by atoms with Gasteiger partial charge in [0.1, 0.15) is 0 Å². The zero-order valence-electron chi connectivity index (χ0n) is 20.0. The van der Waals surface area contributed by atoms with E-state index in [1.807, 2.05) is 0 Å². The van der Waals surface area contributed by atoms with Crippen molar-refractivity contribution in [2.45, 2.75) is 97.3 Å². The largest absolute Gasteiger partial charge is 0.389 e. The SMILES string of the molecule is C/C1=C2\C[C@H]3C(CCC4=CC(O)CC[C@@]43C)C2CC[C@H](C)C2[C@@H](C[C@H](C)CN2O)OC1. The van der Waals surface area contributed by atoms with Crippen LogP contribution in [-0.2, 0) is 4.74 Å². The van der Waals surface area contributed by atoms with Crippen LogP contribution >= 0.6 is 0 Å². The van der Waals surface area contributed by atoms with Gasteiger partial charge in [-0.15, -0.1) is 0 Å². The number of rotatable bonds is 0. The summed E-state index contributed by atoms with van der Waals surface area (Å²) in [5.74, 6) is 3.07. The van der Waals surface area contributed by atoms with Crippen molar-refractivity contribution in [3.63, 3.8) is 0 Å². The van der Waals surface area contributed by atoms with Crippen LogP contribution in [0.15, 0.2) is 22.8 Å². The molecule has 5 rings (SSSR count). The highest BCUT2D eigenvalue weighted by atomic mass is 16.5. The molecule has 0 amide bonds. The maximum absolute atomic E-state index is 10.8. The van der Waals surface area contributed by atoms with Gasteiger partial charge in [0, 0.05) is 6.54 Å². The molecule has 2 aliphatic heterocycles. The summed E-state index contributed by atoms with van der Waals surface area (Å²) in [7, 11) is 0. The maximum Gasteiger partial charge on any atom is 0.0763 e. The number of hydrogen-bond acceptors (Lipinski definition) is 4. The van der Waals surface area contributed by atoms with Gasteiger partial charge < -0.3 is 15.1 Å². The van der Waals surface area contributed by atoms with Crippen LogP contribution in [0.25, 0.3) is 0 Å². The van der Waals surface area contributed by atoms with Crippen LogP contribution in [0.2, 0.25) is 0 Å². The van der Waals surface area contributed by atoms with Gasteiger partial charge in [0.2, 0.25) is 0 Å². The first-order chi connectivity index (χ1) is 14.8. The van der Waals surface area contributed by atoms with Gasteiger partial charge >= 0.3 is 0 Å². The van der Waals surface area contributed by atoms with E-state index in [1.54, 1.807) is 10.6 Å². The fourth-order valence-corrected chi connectivity index (χ4v) is 8.29. The molecule has 4 heteroatoms. The molecule has 0 radical (unpaired) electrons. The number of aliphatic hydroxyl groups is 1. The van der Waals surface area contributed by atoms with Gasteiger partial charge in [0.15, 0.2) is 0 Å². The van der Waals surface area contributed by atoms with E-state index in [-0.39, 0.29) is 23.7 Å². The highest BCUT2D eigenvalue weighted by Gasteiger charge is 2.53. The number of aliphatic hydroxyl groups excluding tert-OH is 1. The second kappa shape index (κ2) is 8.27. The van der Waals surface area contributed by atoms with Crippen LogP contribution in [-0.4, -0.2) is 46.8 Å². The van der Waals surface area contributed by atoms with Crippen molar-refractivity contribution >= 4 is 0 Å². The van der Waals surface area contributed by atoms with E-state index in [1.165, 1.54) is 36.8 Å². The highest BCUT2D eigenvalue weighted by molar-refractivity contribution is 5.31. The quantitative estimate of drug-likeness (QED) is 0.510. The van der Waals surface area contributed by atoms with Crippen LogP contribution in [0, 0.1) is 35.0 Å². The minimum Gasteiger partial charge on any atom is -0.389 e. The third-order valence-corrected chi connectivity index (χ3v) is 10.0. The third-order valence-electron chi connectivity index (χ3n) is 10.0. The van der Waals surface area contributed by atoms with E-state index >= 15 is 0 Å². The second-order valence-corrected chi connectivity index (χ2v) is 12.0. The zero-order chi connectivity index (χ0) is 21.9. The Labute approximate surface area is 188 Å². The number of hydroxylamine groups is 2. The molecule has 3 fully saturated rings. The first kappa shape index (κ1) is 22.1. The first-order valence-electron chi connectivity index (χ1n) is 12.9. The van der Waals surface area contributed by atoms with Crippen molar-refractivity contribution in [2.75, 3.05) is 13.2 Å². The fraction of sp³-hybridized carbons (Fsp3) is 0.852. The van der Waals surface area contributed by atoms with Crippen molar-refractivity contribution in [1.82, 2.24) is 5.06 Å². The molecule has 9 atom stereocenters. The van der Waals surface area contributed by atoms with Crippen molar-refractivity contribution in [3.8, 4) is 0 Å². The average Bonchev–Trinajstić information content (AvgIpc) is 3.10. The van der Waals surface area contributed by atoms with Crippen molar-refractivity contribution in [3.05, 3.63) is 22.8 Å². The predicted molar refractivity (Wildman–Crippen MR) is 123 cm³/mol. The second-order valence-electron chi connectivity index (χ2n) is 12.0. The Balaban J connectivity index is 1.44. The molecule has 0 bridgehead atoms. The molecular weight excluding hydrogens is 386 g/mol. The molecule has 0 aromatic carbocycles. The lowest BCUT2D eigenvalue weighted by Crippen LogP contribution is -2.53. The van der Waals surface area contributed by atoms with E-state index < -0.39 is 0 Å². The van der Waals surface area contributed by atoms with Crippen molar-refractivity contribution in [1.29, 1.82) is 0 Å². The Hall–Kier alpha value is -0.680. The summed E-state index contributed by atoms with van der Waals surface area (Å²) in [6.07, 6.45) is 11.3. The van der Waals surface area contributed by atoms with Gasteiger partial charge in [0.05, 0.1) is 24.9 Å². The van der Waals surface area contributed by atoms with Gasteiger partial charge in [0.25, 0.3) is 0 Å². The smallest absolute Gasteiger partial charge is 0.0763 e. The van der Waals surface area contributed by atoms with Crippen LogP contribution in [0.5, 0.6) is 0 Å². The van der Waals surface area contributed by atoms with Gasteiger partial charge in [-0.05, 0) is 98.9 Å². The third kappa shape index (κ3) is 3.76. The summed E-state index contributed by atoms with van der Waals surface area (Å²) in [4.78, 5) is 0. The van der Waals surface area contributed by atoms with Crippen molar-refractivity contribution in [2.24, 2.45) is 35.0 Å². The summed E-state index contributed by atoms with van der Waals surface area (Å²) in [5.41, 5.74) is 4.95. The molecular formula is C27H43NO3. The van der Waals surface area contributed by atoms with E-state index in [4.69, 9.17) is 4.74 Å². The summed E-state index contributed by atoms with van der Waals surface area (Å²) >= 11 is 0. The molecule has 4 unspecified atom stereocenters. The van der Waals surface area contributed by atoms with E-state index in [2.05, 4.69) is 33.8 Å². The van der Waals surface area contributed by atoms with E-state index in [0.717, 1.165) is 44.8 Å². The Morgan fingerprint density at radius 1 is 1.16 bits per heavy atom. The normalized spacial score (nSPS) is 51.2. The molecule has 2 heterocycles. The molecule has 0 aromatic heterocycles. The van der Waals surface area contributed by atoms with E-state index in [0.29, 0.717) is 23.7 Å². The number of fused-ring (bicyclic) bond motifs is 6. The zero-order valence-corrected chi connectivity index (χ0v) is 20.0. The van der Waals surface area contributed by atoms with Gasteiger partial charge in [-0.1, -0.05) is 38.0 Å². The lowest BCUT2D eigenvalue weighted by molar-refractivity contribution is -0.209.